The Morgan fingerprint density at radius 3 is 2.22 bits per heavy atom. The van der Waals surface area contributed by atoms with Crippen LogP contribution in [0.4, 0.5) is 0 Å². The zero-order valence-corrected chi connectivity index (χ0v) is 28.3. The van der Waals surface area contributed by atoms with Crippen LogP contribution in [0.25, 0.3) is 0 Å². The molecule has 0 saturated heterocycles. The van der Waals surface area contributed by atoms with Crippen molar-refractivity contribution in [1.29, 1.82) is 0 Å². The predicted molar refractivity (Wildman–Crippen MR) is 181 cm³/mol. The summed E-state index contributed by atoms with van der Waals surface area (Å²) in [5.74, 6) is 2.25. The molecule has 0 aromatic heterocycles. The van der Waals surface area contributed by atoms with E-state index < -0.39 is 35.9 Å². The second kappa shape index (κ2) is 16.1. The summed E-state index contributed by atoms with van der Waals surface area (Å²) in [6.07, 6.45) is 1.04. The molecule has 0 aliphatic carbocycles. The largest absolute Gasteiger partial charge is 0.497 e. The lowest BCUT2D eigenvalue weighted by Gasteiger charge is -2.19. The van der Waals surface area contributed by atoms with Crippen LogP contribution in [0.3, 0.4) is 0 Å². The third-order valence-corrected chi connectivity index (χ3v) is 9.76. The monoisotopic (exact) mass is 697 g/mol. The van der Waals surface area contributed by atoms with Crippen molar-refractivity contribution in [1.82, 2.24) is 5.32 Å². The third kappa shape index (κ3) is 9.56. The van der Waals surface area contributed by atoms with Crippen LogP contribution >= 0.6 is 31.4 Å². The highest BCUT2D eigenvalue weighted by molar-refractivity contribution is 7.90. The van der Waals surface area contributed by atoms with Gasteiger partial charge in [0.2, 0.25) is 0 Å². The molecule has 2 unspecified atom stereocenters. The van der Waals surface area contributed by atoms with Crippen molar-refractivity contribution in [3.05, 3.63) is 123 Å². The second-order valence-electron chi connectivity index (χ2n) is 9.97. The minimum absolute atomic E-state index is 0.0212. The van der Waals surface area contributed by atoms with Gasteiger partial charge in [0.15, 0.2) is 9.84 Å². The lowest BCUT2D eigenvalue weighted by atomic mass is 10.0. The number of ether oxygens (including phenoxy) is 2. The molecule has 4 aromatic rings. The molecule has 4 aromatic carbocycles. The zero-order chi connectivity index (χ0) is 33.3. The number of esters is 1. The quantitative estimate of drug-likeness (QED) is 0.114. The average molecular weight is 699 g/mol. The van der Waals surface area contributed by atoms with Crippen molar-refractivity contribution in [2.75, 3.05) is 20.5 Å². The van der Waals surface area contributed by atoms with E-state index in [-0.39, 0.29) is 33.5 Å². The minimum Gasteiger partial charge on any atom is -0.497 e. The van der Waals surface area contributed by atoms with Crippen molar-refractivity contribution < 1.29 is 32.0 Å². The van der Waals surface area contributed by atoms with E-state index in [9.17, 15) is 18.0 Å². The maximum Gasteiger partial charge on any atom is 0.329 e. The van der Waals surface area contributed by atoms with Crippen LogP contribution in [0.2, 0.25) is 10.0 Å². The standard InChI is InChI=1S/C34H30Cl2NO7PS/c1-42-26-12-8-13-27(21-26)45(43-2)16-15-25-18-29(35)32(30(36)19-25)33(38)37-31(34(39)44-22-23-9-5-4-6-10-23)20-24-11-7-14-28(17-24)46(3,40)41/h4-14,17-19,21,31H,20,22H2,1-3H3,(H,37,38). The second-order valence-corrected chi connectivity index (χ2v) is 14.5. The Kier molecular flexibility index (Phi) is 12.2. The van der Waals surface area contributed by atoms with Gasteiger partial charge in [-0.3, -0.25) is 4.79 Å². The summed E-state index contributed by atoms with van der Waals surface area (Å²) in [5, 5.41) is 3.57. The first-order chi connectivity index (χ1) is 22.0. The first kappa shape index (κ1) is 35.0. The smallest absolute Gasteiger partial charge is 0.329 e. The van der Waals surface area contributed by atoms with Crippen LogP contribution in [0.5, 0.6) is 5.75 Å². The maximum absolute atomic E-state index is 13.5. The Morgan fingerprint density at radius 1 is 0.891 bits per heavy atom. The molecule has 0 aliphatic heterocycles. The number of rotatable bonds is 11. The van der Waals surface area contributed by atoms with Crippen LogP contribution < -0.4 is 15.4 Å². The van der Waals surface area contributed by atoms with E-state index >= 15 is 0 Å². The molecule has 0 spiro atoms. The summed E-state index contributed by atoms with van der Waals surface area (Å²) >= 11 is 13.1. The number of nitrogens with one attached hydrogen (secondary N) is 1. The van der Waals surface area contributed by atoms with E-state index in [1.807, 2.05) is 42.5 Å². The molecular formula is C34H30Cl2NO7PS. The van der Waals surface area contributed by atoms with Gasteiger partial charge in [0.05, 0.1) is 27.6 Å². The summed E-state index contributed by atoms with van der Waals surface area (Å²) in [6, 6.07) is 24.4. The Balaban J connectivity index is 1.57. The lowest BCUT2D eigenvalue weighted by Crippen LogP contribution is -2.43. The average Bonchev–Trinajstić information content (AvgIpc) is 3.03. The first-order valence-corrected chi connectivity index (χ1v) is 17.7. The molecule has 1 N–H and O–H groups in total. The van der Waals surface area contributed by atoms with Gasteiger partial charge >= 0.3 is 5.97 Å². The van der Waals surface area contributed by atoms with Crippen LogP contribution in [-0.2, 0) is 36.9 Å². The summed E-state index contributed by atoms with van der Waals surface area (Å²) in [7, 11) is -1.67. The van der Waals surface area contributed by atoms with E-state index in [0.717, 1.165) is 17.1 Å². The molecule has 0 heterocycles. The highest BCUT2D eigenvalue weighted by atomic mass is 35.5. The van der Waals surface area contributed by atoms with Crippen molar-refractivity contribution in [2.24, 2.45) is 0 Å². The molecule has 4 rings (SSSR count). The number of methoxy groups -OCH3 is 1. The SMILES string of the molecule is COc1cccc(P(C#Cc2cc(Cl)c(C(=O)NC(Cc3cccc(S(C)(=O)=O)c3)C(=O)OCc3ccccc3)c(Cl)c2)OC)c1. The molecule has 46 heavy (non-hydrogen) atoms. The number of sulfone groups is 1. The van der Waals surface area contributed by atoms with Gasteiger partial charge in [0.1, 0.15) is 26.5 Å². The van der Waals surface area contributed by atoms with Gasteiger partial charge in [0.25, 0.3) is 5.91 Å². The number of carbonyl (C=O) groups is 2. The van der Waals surface area contributed by atoms with Crippen LogP contribution in [0.15, 0.2) is 95.9 Å². The van der Waals surface area contributed by atoms with Gasteiger partial charge in [0, 0.05) is 30.7 Å². The molecule has 12 heteroatoms. The third-order valence-electron chi connectivity index (χ3n) is 6.62. The van der Waals surface area contributed by atoms with Gasteiger partial charge in [-0.2, -0.15) is 0 Å². The fourth-order valence-electron chi connectivity index (χ4n) is 4.32. The summed E-state index contributed by atoms with van der Waals surface area (Å²) in [5.41, 5.74) is 4.74. The number of amides is 1. The van der Waals surface area contributed by atoms with Crippen molar-refractivity contribution in [3.63, 3.8) is 0 Å². The normalized spacial score (nSPS) is 12.3. The van der Waals surface area contributed by atoms with Gasteiger partial charge < -0.3 is 19.3 Å². The fourth-order valence-corrected chi connectivity index (χ4v) is 6.80. The number of benzene rings is 4. The lowest BCUT2D eigenvalue weighted by molar-refractivity contribution is -0.147. The van der Waals surface area contributed by atoms with Crippen LogP contribution in [0.1, 0.15) is 27.0 Å². The number of hydrogen-bond acceptors (Lipinski definition) is 7. The summed E-state index contributed by atoms with van der Waals surface area (Å²) in [4.78, 5) is 26.9. The molecule has 238 valence electrons. The highest BCUT2D eigenvalue weighted by Crippen LogP contribution is 2.35. The molecule has 0 fully saturated rings. The highest BCUT2D eigenvalue weighted by Gasteiger charge is 2.26. The van der Waals surface area contributed by atoms with E-state index in [1.54, 1.807) is 38.5 Å². The number of halogens is 2. The van der Waals surface area contributed by atoms with E-state index in [2.05, 4.69) is 16.9 Å². The van der Waals surface area contributed by atoms with Gasteiger partial charge in [-0.15, -0.1) is 0 Å². The Hall–Kier alpha value is -3.90. The van der Waals surface area contributed by atoms with Crippen LogP contribution in [0, 0.1) is 11.6 Å². The molecule has 8 nitrogen and oxygen atoms in total. The first-order valence-electron chi connectivity index (χ1n) is 13.8. The maximum atomic E-state index is 13.5. The molecule has 2 atom stereocenters. The molecule has 0 radical (unpaired) electrons. The summed E-state index contributed by atoms with van der Waals surface area (Å²) < 4.78 is 40.6. The Labute approximate surface area is 279 Å². The molecule has 0 bridgehead atoms. The van der Waals surface area contributed by atoms with E-state index in [1.165, 1.54) is 24.3 Å². The van der Waals surface area contributed by atoms with E-state index in [4.69, 9.17) is 37.2 Å². The Bertz CT molecular complexity index is 1870. The number of carbonyl (C=O) groups excluding carboxylic acids is 2. The zero-order valence-electron chi connectivity index (χ0n) is 25.1. The van der Waals surface area contributed by atoms with Gasteiger partial charge in [-0.1, -0.05) is 83.7 Å². The van der Waals surface area contributed by atoms with E-state index in [0.29, 0.717) is 16.9 Å². The number of hydrogen-bond donors (Lipinski definition) is 1. The molecule has 1 amide bonds. The summed E-state index contributed by atoms with van der Waals surface area (Å²) in [6.45, 7) is -0.0237. The molecule has 0 saturated carbocycles. The van der Waals surface area contributed by atoms with Crippen LogP contribution in [-0.4, -0.2) is 46.8 Å². The van der Waals surface area contributed by atoms with Crippen molar-refractivity contribution in [2.45, 2.75) is 24.0 Å². The topological polar surface area (TPSA) is 108 Å². The minimum atomic E-state index is -3.50. The van der Waals surface area contributed by atoms with Crippen molar-refractivity contribution in [3.8, 4) is 17.3 Å². The fraction of sp³-hybridized carbons (Fsp3) is 0.176. The van der Waals surface area contributed by atoms with Gasteiger partial charge in [-0.05, 0) is 53.2 Å². The Morgan fingerprint density at radius 2 is 1.57 bits per heavy atom. The predicted octanol–water partition coefficient (Wildman–Crippen LogP) is 6.17. The molecular weight excluding hydrogens is 668 g/mol. The van der Waals surface area contributed by atoms with Crippen molar-refractivity contribution >= 4 is 58.4 Å². The molecule has 0 aliphatic rings. The van der Waals surface area contributed by atoms with Gasteiger partial charge in [-0.25, -0.2) is 13.2 Å².